The van der Waals surface area contributed by atoms with Crippen molar-refractivity contribution in [1.29, 1.82) is 0 Å². The van der Waals surface area contributed by atoms with Gasteiger partial charge in [-0.25, -0.2) is 0 Å². The zero-order chi connectivity index (χ0) is 12.0. The standard InChI is InChI=1S/C13H18O3/c1-4-6-10-7-5-8-11(9-10)12(14)13(15-2)16-3/h5,7-9,13H,4,6H2,1-3H3. The van der Waals surface area contributed by atoms with Crippen LogP contribution in [0.1, 0.15) is 29.3 Å². The first-order valence-electron chi connectivity index (χ1n) is 5.41. The van der Waals surface area contributed by atoms with Crippen molar-refractivity contribution in [2.45, 2.75) is 26.1 Å². The van der Waals surface area contributed by atoms with Gasteiger partial charge in [-0.2, -0.15) is 0 Å². The van der Waals surface area contributed by atoms with Gasteiger partial charge in [-0.15, -0.1) is 0 Å². The Morgan fingerprint density at radius 2 is 2.00 bits per heavy atom. The van der Waals surface area contributed by atoms with Crippen molar-refractivity contribution >= 4 is 5.78 Å². The van der Waals surface area contributed by atoms with Gasteiger partial charge in [0.05, 0.1) is 0 Å². The van der Waals surface area contributed by atoms with Crippen LogP contribution in [0.2, 0.25) is 0 Å². The van der Waals surface area contributed by atoms with Gasteiger partial charge >= 0.3 is 0 Å². The first-order valence-corrected chi connectivity index (χ1v) is 5.41. The van der Waals surface area contributed by atoms with E-state index in [1.165, 1.54) is 19.8 Å². The molecule has 0 aliphatic heterocycles. The molecule has 0 fully saturated rings. The van der Waals surface area contributed by atoms with Gasteiger partial charge in [0.1, 0.15) is 0 Å². The molecule has 3 nitrogen and oxygen atoms in total. The summed E-state index contributed by atoms with van der Waals surface area (Å²) in [6, 6.07) is 7.60. The maximum Gasteiger partial charge on any atom is 0.222 e. The molecule has 1 rings (SSSR count). The molecular weight excluding hydrogens is 204 g/mol. The maximum absolute atomic E-state index is 11.9. The SMILES string of the molecule is CCCc1cccc(C(=O)C(OC)OC)c1. The molecule has 0 spiro atoms. The van der Waals surface area contributed by atoms with Crippen LogP contribution in [0.3, 0.4) is 0 Å². The largest absolute Gasteiger partial charge is 0.349 e. The zero-order valence-electron chi connectivity index (χ0n) is 10.0. The van der Waals surface area contributed by atoms with E-state index >= 15 is 0 Å². The van der Waals surface area contributed by atoms with Crippen LogP contribution in [0.15, 0.2) is 24.3 Å². The number of rotatable bonds is 6. The predicted molar refractivity (Wildman–Crippen MR) is 62.6 cm³/mol. The van der Waals surface area contributed by atoms with E-state index in [2.05, 4.69) is 6.92 Å². The van der Waals surface area contributed by atoms with E-state index in [0.29, 0.717) is 5.56 Å². The van der Waals surface area contributed by atoms with Crippen LogP contribution in [-0.4, -0.2) is 26.3 Å². The van der Waals surface area contributed by atoms with E-state index in [9.17, 15) is 4.79 Å². The Labute approximate surface area is 96.4 Å². The highest BCUT2D eigenvalue weighted by Gasteiger charge is 2.18. The summed E-state index contributed by atoms with van der Waals surface area (Å²) < 4.78 is 9.89. The van der Waals surface area contributed by atoms with Crippen molar-refractivity contribution in [3.63, 3.8) is 0 Å². The number of Topliss-reactive ketones (excluding diaryl/α,β-unsaturated/α-hetero) is 1. The van der Waals surface area contributed by atoms with Gasteiger partial charge in [0.15, 0.2) is 0 Å². The number of ether oxygens (including phenoxy) is 2. The second-order valence-corrected chi connectivity index (χ2v) is 3.62. The Morgan fingerprint density at radius 3 is 2.56 bits per heavy atom. The summed E-state index contributed by atoms with van der Waals surface area (Å²) in [6.45, 7) is 2.11. The third-order valence-corrected chi connectivity index (χ3v) is 2.39. The second-order valence-electron chi connectivity index (χ2n) is 3.62. The van der Waals surface area contributed by atoms with Crippen molar-refractivity contribution in [2.75, 3.05) is 14.2 Å². The summed E-state index contributed by atoms with van der Waals surface area (Å²) >= 11 is 0. The first-order chi connectivity index (χ1) is 7.72. The minimum Gasteiger partial charge on any atom is -0.349 e. The number of methoxy groups -OCH3 is 2. The smallest absolute Gasteiger partial charge is 0.222 e. The number of aryl methyl sites for hydroxylation is 1. The van der Waals surface area contributed by atoms with Gasteiger partial charge in [0, 0.05) is 19.8 Å². The molecule has 1 aromatic rings. The molecule has 0 amide bonds. The molecule has 1 aromatic carbocycles. The third kappa shape index (κ3) is 3.15. The Hall–Kier alpha value is -1.19. The Kier molecular flexibility index (Phi) is 5.15. The molecule has 0 aliphatic carbocycles. The molecule has 0 radical (unpaired) electrons. The van der Waals surface area contributed by atoms with Gasteiger partial charge < -0.3 is 9.47 Å². The van der Waals surface area contributed by atoms with Gasteiger partial charge in [-0.05, 0) is 18.1 Å². The molecule has 0 atom stereocenters. The number of benzene rings is 1. The van der Waals surface area contributed by atoms with Crippen molar-refractivity contribution in [1.82, 2.24) is 0 Å². The van der Waals surface area contributed by atoms with Crippen molar-refractivity contribution in [3.8, 4) is 0 Å². The average molecular weight is 222 g/mol. The monoisotopic (exact) mass is 222 g/mol. The fourth-order valence-electron chi connectivity index (χ4n) is 1.62. The van der Waals surface area contributed by atoms with E-state index < -0.39 is 6.29 Å². The van der Waals surface area contributed by atoms with Crippen LogP contribution < -0.4 is 0 Å². The Balaban J connectivity index is 2.86. The van der Waals surface area contributed by atoms with Gasteiger partial charge in [0.25, 0.3) is 0 Å². The highest BCUT2D eigenvalue weighted by Crippen LogP contribution is 2.11. The number of hydrogen-bond acceptors (Lipinski definition) is 3. The molecule has 0 aromatic heterocycles. The quantitative estimate of drug-likeness (QED) is 0.548. The molecule has 0 saturated heterocycles. The highest BCUT2D eigenvalue weighted by atomic mass is 16.7. The zero-order valence-corrected chi connectivity index (χ0v) is 10.0. The molecule has 3 heteroatoms. The lowest BCUT2D eigenvalue weighted by Gasteiger charge is -2.12. The van der Waals surface area contributed by atoms with Crippen molar-refractivity contribution < 1.29 is 14.3 Å². The fraction of sp³-hybridized carbons (Fsp3) is 0.462. The van der Waals surface area contributed by atoms with Gasteiger partial charge in [-0.1, -0.05) is 31.5 Å². The topological polar surface area (TPSA) is 35.5 Å². The van der Waals surface area contributed by atoms with Crippen LogP contribution in [0.25, 0.3) is 0 Å². The number of carbonyl (C=O) groups is 1. The van der Waals surface area contributed by atoms with Gasteiger partial charge in [0.2, 0.25) is 12.1 Å². The van der Waals surface area contributed by atoms with Crippen LogP contribution in [0.4, 0.5) is 0 Å². The number of hydrogen-bond donors (Lipinski definition) is 0. The number of carbonyl (C=O) groups excluding carboxylic acids is 1. The summed E-state index contributed by atoms with van der Waals surface area (Å²) in [4.78, 5) is 11.9. The molecule has 16 heavy (non-hydrogen) atoms. The van der Waals surface area contributed by atoms with E-state index in [-0.39, 0.29) is 5.78 Å². The second kappa shape index (κ2) is 6.40. The molecule has 0 N–H and O–H groups in total. The minimum atomic E-state index is -0.808. The highest BCUT2D eigenvalue weighted by molar-refractivity contribution is 5.98. The third-order valence-electron chi connectivity index (χ3n) is 2.39. The average Bonchev–Trinajstić information content (AvgIpc) is 2.31. The van der Waals surface area contributed by atoms with E-state index in [4.69, 9.17) is 9.47 Å². The Morgan fingerprint density at radius 1 is 1.31 bits per heavy atom. The normalized spacial score (nSPS) is 10.8. The van der Waals surface area contributed by atoms with Crippen molar-refractivity contribution in [2.24, 2.45) is 0 Å². The molecule has 88 valence electrons. The minimum absolute atomic E-state index is 0.136. The van der Waals surface area contributed by atoms with Crippen LogP contribution >= 0.6 is 0 Å². The predicted octanol–water partition coefficient (Wildman–Crippen LogP) is 2.44. The Bertz CT molecular complexity index is 343. The fourth-order valence-corrected chi connectivity index (χ4v) is 1.62. The van der Waals surface area contributed by atoms with Crippen molar-refractivity contribution in [3.05, 3.63) is 35.4 Å². The number of ketones is 1. The van der Waals surface area contributed by atoms with Gasteiger partial charge in [-0.3, -0.25) is 4.79 Å². The summed E-state index contributed by atoms with van der Waals surface area (Å²) in [5.74, 6) is -0.136. The lowest BCUT2D eigenvalue weighted by atomic mass is 10.0. The van der Waals surface area contributed by atoms with Crippen LogP contribution in [0.5, 0.6) is 0 Å². The molecule has 0 unspecified atom stereocenters. The summed E-state index contributed by atoms with van der Waals surface area (Å²) in [5, 5.41) is 0. The molecule has 0 saturated carbocycles. The molecule has 0 heterocycles. The summed E-state index contributed by atoms with van der Waals surface area (Å²) in [6.07, 6.45) is 1.23. The van der Waals surface area contributed by atoms with Crippen LogP contribution in [0, 0.1) is 0 Å². The lowest BCUT2D eigenvalue weighted by molar-refractivity contribution is -0.0742. The summed E-state index contributed by atoms with van der Waals surface area (Å²) in [7, 11) is 2.92. The molecule has 0 bridgehead atoms. The van der Waals surface area contributed by atoms with Crippen LogP contribution in [-0.2, 0) is 15.9 Å². The summed E-state index contributed by atoms with van der Waals surface area (Å²) in [5.41, 5.74) is 1.80. The molecular formula is C13H18O3. The lowest BCUT2D eigenvalue weighted by Crippen LogP contribution is -2.24. The first kappa shape index (κ1) is 12.9. The van der Waals surface area contributed by atoms with E-state index in [1.54, 1.807) is 6.07 Å². The molecule has 0 aliphatic rings. The van der Waals surface area contributed by atoms with E-state index in [1.807, 2.05) is 18.2 Å². The van der Waals surface area contributed by atoms with E-state index in [0.717, 1.165) is 12.8 Å². The maximum atomic E-state index is 11.9.